The molecule has 0 unspecified atom stereocenters. The van der Waals surface area contributed by atoms with Crippen molar-refractivity contribution in [2.45, 2.75) is 38.1 Å². The van der Waals surface area contributed by atoms with Crippen molar-refractivity contribution in [3.63, 3.8) is 0 Å². The lowest BCUT2D eigenvalue weighted by atomic mass is 9.95. The van der Waals surface area contributed by atoms with E-state index in [-0.39, 0.29) is 5.91 Å². The lowest BCUT2D eigenvalue weighted by Crippen LogP contribution is -2.36. The van der Waals surface area contributed by atoms with Gasteiger partial charge in [0.05, 0.1) is 5.69 Å². The minimum Gasteiger partial charge on any atom is -0.348 e. The first-order valence-electron chi connectivity index (χ1n) is 5.74. The second-order valence-corrected chi connectivity index (χ2v) is 4.25. The fourth-order valence-electron chi connectivity index (χ4n) is 2.12. The van der Waals surface area contributed by atoms with Gasteiger partial charge in [-0.25, -0.2) is 0 Å². The van der Waals surface area contributed by atoms with Crippen molar-refractivity contribution in [2.75, 3.05) is 0 Å². The molecule has 2 N–H and O–H groups in total. The maximum Gasteiger partial charge on any atom is 0.267 e. The fourth-order valence-corrected chi connectivity index (χ4v) is 2.12. The van der Waals surface area contributed by atoms with Gasteiger partial charge in [0.1, 0.15) is 5.69 Å². The summed E-state index contributed by atoms with van der Waals surface area (Å²) < 4.78 is 0. The summed E-state index contributed by atoms with van der Waals surface area (Å²) in [5.74, 6) is -0.111. The highest BCUT2D eigenvalue weighted by atomic mass is 16.2. The second-order valence-electron chi connectivity index (χ2n) is 4.25. The van der Waals surface area contributed by atoms with Gasteiger partial charge >= 0.3 is 0 Å². The van der Waals surface area contributed by atoms with Crippen molar-refractivity contribution in [3.05, 3.63) is 23.5 Å². The van der Waals surface area contributed by atoms with Crippen molar-refractivity contribution >= 4 is 12.2 Å². The van der Waals surface area contributed by atoms with Gasteiger partial charge in [-0.05, 0) is 25.0 Å². The van der Waals surface area contributed by atoms with Crippen LogP contribution in [-0.2, 0) is 0 Å². The predicted octanol–water partition coefficient (Wildman–Crippen LogP) is 1.89. The summed E-state index contributed by atoms with van der Waals surface area (Å²) in [5.41, 5.74) is 0.904. The van der Waals surface area contributed by atoms with Crippen LogP contribution in [0.4, 0.5) is 0 Å². The Morgan fingerprint density at radius 3 is 2.69 bits per heavy atom. The van der Waals surface area contributed by atoms with Crippen molar-refractivity contribution in [1.29, 1.82) is 0 Å². The van der Waals surface area contributed by atoms with E-state index in [0.29, 0.717) is 23.7 Å². The number of nitrogens with one attached hydrogen (secondary N) is 2. The molecule has 4 heteroatoms. The highest BCUT2D eigenvalue weighted by molar-refractivity contribution is 5.93. The molecular formula is C12H16N2O2. The molecule has 1 fully saturated rings. The SMILES string of the molecule is O=Cc1ccc(C(=O)NC2CCCCC2)[nH]1. The van der Waals surface area contributed by atoms with Crippen LogP contribution in [0.2, 0.25) is 0 Å². The normalized spacial score (nSPS) is 17.0. The van der Waals surface area contributed by atoms with Gasteiger partial charge in [0.2, 0.25) is 0 Å². The molecule has 1 amide bonds. The maximum atomic E-state index is 11.8. The van der Waals surface area contributed by atoms with Crippen LogP contribution in [0.1, 0.15) is 53.1 Å². The van der Waals surface area contributed by atoms with E-state index < -0.39 is 0 Å². The van der Waals surface area contributed by atoms with Gasteiger partial charge in [-0.1, -0.05) is 19.3 Å². The number of carbonyl (C=O) groups excluding carboxylic acids is 2. The first-order chi connectivity index (χ1) is 7.79. The molecule has 86 valence electrons. The first-order valence-corrected chi connectivity index (χ1v) is 5.74. The number of aromatic nitrogens is 1. The fraction of sp³-hybridized carbons (Fsp3) is 0.500. The number of H-pyrrole nitrogens is 1. The topological polar surface area (TPSA) is 62.0 Å². The maximum absolute atomic E-state index is 11.8. The molecule has 1 aliphatic rings. The number of amides is 1. The molecule has 0 spiro atoms. The Kier molecular flexibility index (Phi) is 3.39. The summed E-state index contributed by atoms with van der Waals surface area (Å²) in [6, 6.07) is 3.55. The number of aromatic amines is 1. The Hall–Kier alpha value is -1.58. The Morgan fingerprint density at radius 2 is 2.06 bits per heavy atom. The largest absolute Gasteiger partial charge is 0.348 e. The molecule has 1 aromatic rings. The van der Waals surface area contributed by atoms with Gasteiger partial charge < -0.3 is 10.3 Å². The standard InChI is InChI=1S/C12H16N2O2/c15-8-10-6-7-11(13-10)12(16)14-9-4-2-1-3-5-9/h6-9,13H,1-5H2,(H,14,16). The number of aldehydes is 1. The molecule has 16 heavy (non-hydrogen) atoms. The average molecular weight is 220 g/mol. The molecule has 0 aromatic carbocycles. The summed E-state index contributed by atoms with van der Waals surface area (Å²) in [4.78, 5) is 25.0. The zero-order valence-corrected chi connectivity index (χ0v) is 9.16. The van der Waals surface area contributed by atoms with Crippen LogP contribution in [0.3, 0.4) is 0 Å². The van der Waals surface area contributed by atoms with Gasteiger partial charge in [-0.2, -0.15) is 0 Å². The van der Waals surface area contributed by atoms with Crippen molar-refractivity contribution in [1.82, 2.24) is 10.3 Å². The first kappa shape index (κ1) is 10.9. The van der Waals surface area contributed by atoms with Crippen molar-refractivity contribution in [2.24, 2.45) is 0 Å². The van der Waals surface area contributed by atoms with Crippen LogP contribution in [0.5, 0.6) is 0 Å². The summed E-state index contributed by atoms with van der Waals surface area (Å²) in [6.45, 7) is 0. The molecule has 0 bridgehead atoms. The molecule has 1 aliphatic carbocycles. The monoisotopic (exact) mass is 220 g/mol. The van der Waals surface area contributed by atoms with Crippen LogP contribution in [0.25, 0.3) is 0 Å². The van der Waals surface area contributed by atoms with E-state index in [1.165, 1.54) is 19.3 Å². The Labute approximate surface area is 94.4 Å². The third-order valence-electron chi connectivity index (χ3n) is 3.02. The molecule has 1 heterocycles. The third-order valence-corrected chi connectivity index (χ3v) is 3.02. The van der Waals surface area contributed by atoms with Crippen LogP contribution in [0, 0.1) is 0 Å². The summed E-state index contributed by atoms with van der Waals surface area (Å²) in [6.07, 6.45) is 6.48. The molecule has 1 saturated carbocycles. The molecule has 0 radical (unpaired) electrons. The number of hydrogen-bond donors (Lipinski definition) is 2. The van der Waals surface area contributed by atoms with Crippen molar-refractivity contribution < 1.29 is 9.59 Å². The zero-order valence-electron chi connectivity index (χ0n) is 9.16. The average Bonchev–Trinajstić information content (AvgIpc) is 2.79. The van der Waals surface area contributed by atoms with Gasteiger partial charge in [0.15, 0.2) is 6.29 Å². The second kappa shape index (κ2) is 4.96. The molecule has 0 saturated heterocycles. The van der Waals surface area contributed by atoms with Gasteiger partial charge in [0.25, 0.3) is 5.91 Å². The van der Waals surface area contributed by atoms with Gasteiger partial charge in [-0.3, -0.25) is 9.59 Å². The summed E-state index contributed by atoms with van der Waals surface area (Å²) >= 11 is 0. The Balaban J connectivity index is 1.93. The minimum atomic E-state index is -0.111. The van der Waals surface area contributed by atoms with E-state index in [9.17, 15) is 9.59 Å². The molecular weight excluding hydrogens is 204 g/mol. The third kappa shape index (κ3) is 2.51. The Morgan fingerprint density at radius 1 is 1.31 bits per heavy atom. The van der Waals surface area contributed by atoms with Crippen molar-refractivity contribution in [3.8, 4) is 0 Å². The summed E-state index contributed by atoms with van der Waals surface area (Å²) in [5, 5.41) is 2.99. The van der Waals surface area contributed by atoms with Crippen LogP contribution >= 0.6 is 0 Å². The van der Waals surface area contributed by atoms with E-state index in [1.807, 2.05) is 0 Å². The highest BCUT2D eigenvalue weighted by Crippen LogP contribution is 2.17. The highest BCUT2D eigenvalue weighted by Gasteiger charge is 2.17. The molecule has 4 nitrogen and oxygen atoms in total. The lowest BCUT2D eigenvalue weighted by molar-refractivity contribution is 0.0923. The quantitative estimate of drug-likeness (QED) is 0.764. The Bertz CT molecular complexity index is 378. The van der Waals surface area contributed by atoms with E-state index in [0.717, 1.165) is 12.8 Å². The van der Waals surface area contributed by atoms with E-state index in [2.05, 4.69) is 10.3 Å². The predicted molar refractivity (Wildman–Crippen MR) is 60.5 cm³/mol. The van der Waals surface area contributed by atoms with E-state index in [4.69, 9.17) is 0 Å². The molecule has 2 rings (SSSR count). The minimum absolute atomic E-state index is 0.111. The van der Waals surface area contributed by atoms with Crippen LogP contribution in [-0.4, -0.2) is 23.2 Å². The van der Waals surface area contributed by atoms with Crippen LogP contribution in [0.15, 0.2) is 12.1 Å². The molecule has 1 aromatic heterocycles. The summed E-state index contributed by atoms with van der Waals surface area (Å²) in [7, 11) is 0. The smallest absolute Gasteiger partial charge is 0.267 e. The van der Waals surface area contributed by atoms with E-state index in [1.54, 1.807) is 12.1 Å². The molecule has 0 aliphatic heterocycles. The van der Waals surface area contributed by atoms with E-state index >= 15 is 0 Å². The number of hydrogen-bond acceptors (Lipinski definition) is 2. The molecule has 0 atom stereocenters. The zero-order chi connectivity index (χ0) is 11.4. The van der Waals surface area contributed by atoms with Gasteiger partial charge in [0, 0.05) is 6.04 Å². The van der Waals surface area contributed by atoms with Gasteiger partial charge in [-0.15, -0.1) is 0 Å². The van der Waals surface area contributed by atoms with Crippen LogP contribution < -0.4 is 5.32 Å². The number of carbonyl (C=O) groups is 2. The lowest BCUT2D eigenvalue weighted by Gasteiger charge is -2.22. The number of rotatable bonds is 3.